The molecule has 0 fully saturated rings. The van der Waals surface area contributed by atoms with Crippen molar-refractivity contribution < 1.29 is 9.60 Å². The van der Waals surface area contributed by atoms with Crippen molar-refractivity contribution in [3.05, 3.63) is 35.3 Å². The molecule has 2 rings (SSSR count). The summed E-state index contributed by atoms with van der Waals surface area (Å²) < 4.78 is 13.8. The first kappa shape index (κ1) is 11.4. The van der Waals surface area contributed by atoms with Gasteiger partial charge in [-0.1, -0.05) is 18.5 Å². The van der Waals surface area contributed by atoms with Crippen molar-refractivity contribution in [1.29, 1.82) is 0 Å². The monoisotopic (exact) mass is 235 g/mol. The Kier molecular flexibility index (Phi) is 2.99. The van der Waals surface area contributed by atoms with Crippen LogP contribution < -0.4 is 5.73 Å². The van der Waals surface area contributed by atoms with E-state index in [0.29, 0.717) is 16.5 Å². The molecule has 17 heavy (non-hydrogen) atoms. The van der Waals surface area contributed by atoms with E-state index in [1.807, 2.05) is 6.92 Å². The normalized spacial score (nSPS) is 12.2. The maximum absolute atomic E-state index is 13.8. The number of amidine groups is 1. The Hall–Kier alpha value is -2.04. The molecule has 0 aliphatic heterocycles. The van der Waals surface area contributed by atoms with Crippen LogP contribution in [0.5, 0.6) is 0 Å². The van der Waals surface area contributed by atoms with E-state index in [9.17, 15) is 4.39 Å². The standard InChI is InChI=1S/C12H14FN3O/c1-2-3-7-6-15-11-8(12(14)16-17)4-5-9(13)10(7)11/h4-6,15,17H,2-3H2,1H3,(H2,14,16). The van der Waals surface area contributed by atoms with Crippen molar-refractivity contribution in [2.24, 2.45) is 10.9 Å². The van der Waals surface area contributed by atoms with Gasteiger partial charge in [0.2, 0.25) is 0 Å². The molecule has 0 bridgehead atoms. The third-order valence-corrected chi connectivity index (χ3v) is 2.77. The van der Waals surface area contributed by atoms with Crippen LogP contribution in [-0.2, 0) is 6.42 Å². The zero-order valence-electron chi connectivity index (χ0n) is 9.50. The van der Waals surface area contributed by atoms with E-state index in [2.05, 4.69) is 10.1 Å². The second-order valence-corrected chi connectivity index (χ2v) is 3.89. The molecule has 2 aromatic rings. The SMILES string of the molecule is CCCc1c[nH]c2c(/C(N)=N/O)ccc(F)c12. The molecular weight excluding hydrogens is 221 g/mol. The number of aromatic amines is 1. The fraction of sp³-hybridized carbons (Fsp3) is 0.250. The lowest BCUT2D eigenvalue weighted by Gasteiger charge is -2.03. The lowest BCUT2D eigenvalue weighted by Crippen LogP contribution is -2.13. The highest BCUT2D eigenvalue weighted by Crippen LogP contribution is 2.25. The van der Waals surface area contributed by atoms with Crippen molar-refractivity contribution in [3.8, 4) is 0 Å². The van der Waals surface area contributed by atoms with Crippen molar-refractivity contribution in [3.63, 3.8) is 0 Å². The number of oxime groups is 1. The minimum atomic E-state index is -0.292. The third kappa shape index (κ3) is 1.84. The van der Waals surface area contributed by atoms with Gasteiger partial charge < -0.3 is 15.9 Å². The number of hydrogen-bond acceptors (Lipinski definition) is 2. The lowest BCUT2D eigenvalue weighted by molar-refractivity contribution is 0.318. The van der Waals surface area contributed by atoms with Crippen LogP contribution in [0.15, 0.2) is 23.5 Å². The first-order chi connectivity index (χ1) is 8.19. The maximum Gasteiger partial charge on any atom is 0.172 e. The molecular formula is C12H14FN3O. The molecule has 0 saturated heterocycles. The predicted octanol–water partition coefficient (Wildman–Crippen LogP) is 2.35. The van der Waals surface area contributed by atoms with Crippen LogP contribution in [-0.4, -0.2) is 16.0 Å². The first-order valence-electron chi connectivity index (χ1n) is 5.45. The molecule has 0 saturated carbocycles. The zero-order valence-corrected chi connectivity index (χ0v) is 9.50. The zero-order chi connectivity index (χ0) is 12.4. The Balaban J connectivity index is 2.71. The number of nitrogens with two attached hydrogens (primary N) is 1. The first-order valence-corrected chi connectivity index (χ1v) is 5.45. The van der Waals surface area contributed by atoms with Gasteiger partial charge in [-0.25, -0.2) is 4.39 Å². The topological polar surface area (TPSA) is 74.4 Å². The van der Waals surface area contributed by atoms with Crippen LogP contribution in [0.3, 0.4) is 0 Å². The molecule has 0 radical (unpaired) electrons. The molecule has 4 nitrogen and oxygen atoms in total. The number of rotatable bonds is 3. The van der Waals surface area contributed by atoms with Gasteiger partial charge in [-0.15, -0.1) is 0 Å². The summed E-state index contributed by atoms with van der Waals surface area (Å²) >= 11 is 0. The maximum atomic E-state index is 13.8. The number of aryl methyl sites for hydroxylation is 1. The Morgan fingerprint density at radius 1 is 1.53 bits per heavy atom. The van der Waals surface area contributed by atoms with Gasteiger partial charge in [0, 0.05) is 17.1 Å². The fourth-order valence-electron chi connectivity index (χ4n) is 2.01. The molecule has 5 heteroatoms. The molecule has 0 unspecified atom stereocenters. The summed E-state index contributed by atoms with van der Waals surface area (Å²) in [5.41, 5.74) is 7.54. The number of nitrogens with zero attached hydrogens (tertiary/aromatic N) is 1. The molecule has 1 aromatic heterocycles. The van der Waals surface area contributed by atoms with Gasteiger partial charge in [0.25, 0.3) is 0 Å². The number of halogens is 1. The molecule has 0 spiro atoms. The van der Waals surface area contributed by atoms with E-state index in [0.717, 1.165) is 18.4 Å². The lowest BCUT2D eigenvalue weighted by atomic mass is 10.0. The summed E-state index contributed by atoms with van der Waals surface area (Å²) in [5, 5.41) is 12.2. The molecule has 0 aliphatic carbocycles. The fourth-order valence-corrected chi connectivity index (χ4v) is 2.01. The molecule has 90 valence electrons. The second-order valence-electron chi connectivity index (χ2n) is 3.89. The molecule has 1 aromatic carbocycles. The molecule has 0 amide bonds. The number of hydrogen-bond donors (Lipinski definition) is 3. The van der Waals surface area contributed by atoms with Crippen LogP contribution in [0.4, 0.5) is 4.39 Å². The van der Waals surface area contributed by atoms with Gasteiger partial charge in [0.15, 0.2) is 5.84 Å². The number of H-pyrrole nitrogens is 1. The van der Waals surface area contributed by atoms with E-state index in [-0.39, 0.29) is 11.7 Å². The van der Waals surface area contributed by atoms with Crippen LogP contribution in [0.25, 0.3) is 10.9 Å². The quantitative estimate of drug-likeness (QED) is 0.330. The largest absolute Gasteiger partial charge is 0.409 e. The highest BCUT2D eigenvalue weighted by Gasteiger charge is 2.14. The minimum Gasteiger partial charge on any atom is -0.409 e. The Morgan fingerprint density at radius 2 is 2.29 bits per heavy atom. The summed E-state index contributed by atoms with van der Waals surface area (Å²) in [6.07, 6.45) is 3.49. The van der Waals surface area contributed by atoms with Gasteiger partial charge >= 0.3 is 0 Å². The number of fused-ring (bicyclic) bond motifs is 1. The molecule has 0 atom stereocenters. The van der Waals surface area contributed by atoms with Crippen molar-refractivity contribution >= 4 is 16.7 Å². The summed E-state index contributed by atoms with van der Waals surface area (Å²) in [7, 11) is 0. The Morgan fingerprint density at radius 3 is 2.94 bits per heavy atom. The number of aromatic nitrogens is 1. The highest BCUT2D eigenvalue weighted by atomic mass is 19.1. The van der Waals surface area contributed by atoms with Gasteiger partial charge in [0.05, 0.1) is 5.52 Å². The Labute approximate surface area is 97.9 Å². The average Bonchev–Trinajstić information content (AvgIpc) is 2.74. The smallest absolute Gasteiger partial charge is 0.172 e. The number of benzene rings is 1. The van der Waals surface area contributed by atoms with Gasteiger partial charge in [-0.05, 0) is 24.1 Å². The Bertz CT molecular complexity index is 574. The minimum absolute atomic E-state index is 0.0279. The molecule has 1 heterocycles. The predicted molar refractivity (Wildman–Crippen MR) is 64.8 cm³/mol. The van der Waals surface area contributed by atoms with Crippen molar-refractivity contribution in [2.45, 2.75) is 19.8 Å². The summed E-state index contributed by atoms with van der Waals surface area (Å²) in [6, 6.07) is 2.83. The van der Waals surface area contributed by atoms with Gasteiger partial charge in [-0.3, -0.25) is 0 Å². The van der Waals surface area contributed by atoms with E-state index in [4.69, 9.17) is 10.9 Å². The average molecular weight is 235 g/mol. The second kappa shape index (κ2) is 4.45. The van der Waals surface area contributed by atoms with Crippen molar-refractivity contribution in [2.75, 3.05) is 0 Å². The van der Waals surface area contributed by atoms with E-state index in [1.165, 1.54) is 12.1 Å². The van der Waals surface area contributed by atoms with Crippen molar-refractivity contribution in [1.82, 2.24) is 4.98 Å². The van der Waals surface area contributed by atoms with Crippen LogP contribution in [0, 0.1) is 5.82 Å². The summed E-state index contributed by atoms with van der Waals surface area (Å²) in [4.78, 5) is 2.99. The summed E-state index contributed by atoms with van der Waals surface area (Å²) in [5.74, 6) is -0.320. The highest BCUT2D eigenvalue weighted by molar-refractivity contribution is 6.08. The van der Waals surface area contributed by atoms with E-state index < -0.39 is 0 Å². The van der Waals surface area contributed by atoms with E-state index in [1.54, 1.807) is 6.20 Å². The van der Waals surface area contributed by atoms with E-state index >= 15 is 0 Å². The van der Waals surface area contributed by atoms with Crippen LogP contribution in [0.1, 0.15) is 24.5 Å². The molecule has 0 aliphatic rings. The summed E-state index contributed by atoms with van der Waals surface area (Å²) in [6.45, 7) is 2.03. The third-order valence-electron chi connectivity index (χ3n) is 2.77. The van der Waals surface area contributed by atoms with Crippen LogP contribution >= 0.6 is 0 Å². The van der Waals surface area contributed by atoms with Gasteiger partial charge in [-0.2, -0.15) is 0 Å². The molecule has 4 N–H and O–H groups in total. The van der Waals surface area contributed by atoms with Gasteiger partial charge in [0.1, 0.15) is 5.82 Å². The van der Waals surface area contributed by atoms with Crippen LogP contribution in [0.2, 0.25) is 0 Å². The number of nitrogens with one attached hydrogen (secondary N) is 1.